The molecule has 0 fully saturated rings. The quantitative estimate of drug-likeness (QED) is 0.238. The number of hydrogen-bond donors (Lipinski definition) is 2. The van der Waals surface area contributed by atoms with Gasteiger partial charge < -0.3 is 20.3 Å². The zero-order chi connectivity index (χ0) is 20.9. The molecule has 1 rings (SSSR count). The van der Waals surface area contributed by atoms with Gasteiger partial charge in [-0.3, -0.25) is 4.99 Å². The highest BCUT2D eigenvalue weighted by Crippen LogP contribution is 2.24. The molecule has 160 valence electrons. The first-order valence-electron chi connectivity index (χ1n) is 10.1. The first kappa shape index (κ1) is 24.4. The highest BCUT2D eigenvalue weighted by molar-refractivity contribution is 7.13. The van der Waals surface area contributed by atoms with Crippen LogP contribution in [0.25, 0.3) is 0 Å². The smallest absolute Gasteiger partial charge is 0.350 e. The lowest BCUT2D eigenvalue weighted by molar-refractivity contribution is 0.0531. The van der Waals surface area contributed by atoms with E-state index >= 15 is 0 Å². The summed E-state index contributed by atoms with van der Waals surface area (Å²) in [6.45, 7) is 8.09. The van der Waals surface area contributed by atoms with E-state index in [9.17, 15) is 4.79 Å². The molecule has 8 heteroatoms. The molecule has 28 heavy (non-hydrogen) atoms. The van der Waals surface area contributed by atoms with Crippen LogP contribution in [0.2, 0.25) is 0 Å². The molecule has 0 radical (unpaired) electrons. The lowest BCUT2D eigenvalue weighted by Crippen LogP contribution is -2.39. The van der Waals surface area contributed by atoms with Crippen molar-refractivity contribution in [2.24, 2.45) is 4.99 Å². The number of unbranched alkanes of at least 4 members (excludes halogenated alkanes) is 4. The Morgan fingerprint density at radius 1 is 1.25 bits per heavy atom. The largest absolute Gasteiger partial charge is 0.462 e. The molecule has 1 aromatic heterocycles. The summed E-state index contributed by atoms with van der Waals surface area (Å²) >= 11 is 1.38. The van der Waals surface area contributed by atoms with Gasteiger partial charge in [0.2, 0.25) is 0 Å². The second-order valence-corrected chi connectivity index (χ2v) is 8.15. The number of nitrogens with one attached hydrogen (secondary N) is 2. The van der Waals surface area contributed by atoms with Crippen LogP contribution in [0.1, 0.15) is 72.4 Å². The molecular formula is C20H37N5O2S. The fraction of sp³-hybridized carbons (Fsp3) is 0.750. The Hall–Kier alpha value is -1.67. The van der Waals surface area contributed by atoms with Crippen molar-refractivity contribution in [3.63, 3.8) is 0 Å². The summed E-state index contributed by atoms with van der Waals surface area (Å²) in [6, 6.07) is -0.0379. The van der Waals surface area contributed by atoms with Crippen molar-refractivity contribution in [1.82, 2.24) is 20.5 Å². The fourth-order valence-electron chi connectivity index (χ4n) is 2.74. The van der Waals surface area contributed by atoms with E-state index in [4.69, 9.17) is 4.74 Å². The molecule has 0 bridgehead atoms. The summed E-state index contributed by atoms with van der Waals surface area (Å²) in [5.74, 6) is 0.453. The van der Waals surface area contributed by atoms with E-state index in [0.29, 0.717) is 17.2 Å². The molecule has 0 aliphatic carbocycles. The zero-order valence-electron chi connectivity index (χ0n) is 18.3. The SMILES string of the molecule is CCOC(=O)c1sc(C(C)NC(=NC)NCCCCCCCN(C)C)nc1C. The topological polar surface area (TPSA) is 78.8 Å². The first-order chi connectivity index (χ1) is 13.4. The summed E-state index contributed by atoms with van der Waals surface area (Å²) in [5.41, 5.74) is 0.712. The predicted octanol–water partition coefficient (Wildman–Crippen LogP) is 3.37. The standard InChI is InChI=1S/C20H37N5O2S/c1-7-27-19(26)17-15(2)23-18(28-17)16(3)24-20(21-4)22-13-11-9-8-10-12-14-25(5)6/h16H,7-14H2,1-6H3,(H2,21,22,24). The van der Waals surface area contributed by atoms with Crippen molar-refractivity contribution in [2.75, 3.05) is 40.8 Å². The maximum absolute atomic E-state index is 12.0. The van der Waals surface area contributed by atoms with Gasteiger partial charge >= 0.3 is 5.97 Å². The Morgan fingerprint density at radius 3 is 2.57 bits per heavy atom. The summed E-state index contributed by atoms with van der Waals surface area (Å²) < 4.78 is 5.09. The number of esters is 1. The molecular weight excluding hydrogens is 374 g/mol. The normalized spacial score (nSPS) is 12.9. The van der Waals surface area contributed by atoms with Crippen LogP contribution in [0.15, 0.2) is 4.99 Å². The van der Waals surface area contributed by atoms with Gasteiger partial charge in [-0.1, -0.05) is 19.3 Å². The van der Waals surface area contributed by atoms with Gasteiger partial charge in [0.15, 0.2) is 5.96 Å². The molecule has 0 saturated carbocycles. The number of aliphatic imine (C=N–C) groups is 1. The highest BCUT2D eigenvalue weighted by Gasteiger charge is 2.20. The van der Waals surface area contributed by atoms with Crippen molar-refractivity contribution < 1.29 is 9.53 Å². The number of thiazole rings is 1. The minimum atomic E-state index is -0.302. The van der Waals surface area contributed by atoms with E-state index in [1.54, 1.807) is 14.0 Å². The molecule has 0 aliphatic rings. The van der Waals surface area contributed by atoms with Crippen LogP contribution in [0.5, 0.6) is 0 Å². The fourth-order valence-corrected chi connectivity index (χ4v) is 3.70. The molecule has 1 atom stereocenters. The maximum Gasteiger partial charge on any atom is 0.350 e. The van der Waals surface area contributed by atoms with Gasteiger partial charge in [-0.2, -0.15) is 0 Å². The van der Waals surface area contributed by atoms with E-state index in [-0.39, 0.29) is 12.0 Å². The molecule has 0 spiro atoms. The highest BCUT2D eigenvalue weighted by atomic mass is 32.1. The third-order valence-electron chi connectivity index (χ3n) is 4.30. The van der Waals surface area contributed by atoms with E-state index in [2.05, 4.69) is 39.6 Å². The van der Waals surface area contributed by atoms with E-state index in [1.165, 1.54) is 43.6 Å². The average Bonchev–Trinajstić information content (AvgIpc) is 3.04. The molecule has 1 heterocycles. The number of aromatic nitrogens is 1. The molecule has 0 saturated heterocycles. The van der Waals surface area contributed by atoms with Crippen LogP contribution in [0, 0.1) is 6.92 Å². The van der Waals surface area contributed by atoms with E-state index in [0.717, 1.165) is 23.9 Å². The van der Waals surface area contributed by atoms with Gasteiger partial charge in [-0.25, -0.2) is 9.78 Å². The van der Waals surface area contributed by atoms with Crippen LogP contribution in [0.4, 0.5) is 0 Å². The second kappa shape index (κ2) is 13.5. The van der Waals surface area contributed by atoms with Crippen molar-refractivity contribution >= 4 is 23.3 Å². The average molecular weight is 412 g/mol. The van der Waals surface area contributed by atoms with Crippen LogP contribution >= 0.6 is 11.3 Å². The third-order valence-corrected chi connectivity index (χ3v) is 5.62. The van der Waals surface area contributed by atoms with Gasteiger partial charge in [-0.15, -0.1) is 11.3 Å². The Labute approximate surface area is 174 Å². The van der Waals surface area contributed by atoms with Crippen LogP contribution in [-0.2, 0) is 4.74 Å². The lowest BCUT2D eigenvalue weighted by Gasteiger charge is -2.16. The number of guanidine groups is 1. The number of rotatable bonds is 12. The van der Waals surface area contributed by atoms with Crippen LogP contribution < -0.4 is 10.6 Å². The minimum absolute atomic E-state index is 0.0379. The molecule has 1 aromatic rings. The summed E-state index contributed by atoms with van der Waals surface area (Å²) in [5, 5.41) is 7.56. The first-order valence-corrected chi connectivity index (χ1v) is 11.0. The van der Waals surface area contributed by atoms with Crippen LogP contribution in [-0.4, -0.2) is 62.7 Å². The molecule has 0 aromatic carbocycles. The van der Waals surface area contributed by atoms with Crippen molar-refractivity contribution in [2.45, 2.75) is 58.9 Å². The summed E-state index contributed by atoms with van der Waals surface area (Å²) in [6.07, 6.45) is 6.17. The molecule has 0 aliphatic heterocycles. The number of aryl methyl sites for hydroxylation is 1. The Kier molecular flexibility index (Phi) is 11.7. The van der Waals surface area contributed by atoms with E-state index < -0.39 is 0 Å². The zero-order valence-corrected chi connectivity index (χ0v) is 19.1. The van der Waals surface area contributed by atoms with Gasteiger partial charge in [-0.05, 0) is 54.3 Å². The van der Waals surface area contributed by atoms with Crippen molar-refractivity contribution in [1.29, 1.82) is 0 Å². The number of ether oxygens (including phenoxy) is 1. The predicted molar refractivity (Wildman–Crippen MR) is 117 cm³/mol. The Morgan fingerprint density at radius 2 is 1.93 bits per heavy atom. The Balaban J connectivity index is 2.36. The molecule has 1 unspecified atom stereocenters. The molecule has 0 amide bonds. The lowest BCUT2D eigenvalue weighted by atomic mass is 10.1. The minimum Gasteiger partial charge on any atom is -0.462 e. The van der Waals surface area contributed by atoms with Gasteiger partial charge in [0, 0.05) is 13.6 Å². The monoisotopic (exact) mass is 411 g/mol. The molecule has 7 nitrogen and oxygen atoms in total. The third kappa shape index (κ3) is 9.01. The van der Waals surface area contributed by atoms with Crippen molar-refractivity contribution in [3.05, 3.63) is 15.6 Å². The maximum atomic E-state index is 12.0. The number of nitrogens with zero attached hydrogens (tertiary/aromatic N) is 3. The van der Waals surface area contributed by atoms with Crippen molar-refractivity contribution in [3.8, 4) is 0 Å². The summed E-state index contributed by atoms with van der Waals surface area (Å²) in [4.78, 5) is 23.6. The van der Waals surface area contributed by atoms with E-state index in [1.807, 2.05) is 13.8 Å². The Bertz CT molecular complexity index is 616. The summed E-state index contributed by atoms with van der Waals surface area (Å²) in [7, 11) is 6.00. The molecule has 2 N–H and O–H groups in total. The number of hydrogen-bond acceptors (Lipinski definition) is 6. The second-order valence-electron chi connectivity index (χ2n) is 7.12. The van der Waals surface area contributed by atoms with Crippen LogP contribution in [0.3, 0.4) is 0 Å². The van der Waals surface area contributed by atoms with Gasteiger partial charge in [0.1, 0.15) is 9.88 Å². The number of carbonyl (C=O) groups is 1. The number of carbonyl (C=O) groups excluding carboxylic acids is 1. The van der Waals surface area contributed by atoms with Gasteiger partial charge in [0.05, 0.1) is 18.3 Å². The van der Waals surface area contributed by atoms with Gasteiger partial charge in [0.25, 0.3) is 0 Å².